The van der Waals surface area contributed by atoms with Gasteiger partial charge in [0.2, 0.25) is 0 Å². The number of hydrogen-bond acceptors (Lipinski definition) is 5. The lowest BCUT2D eigenvalue weighted by Crippen LogP contribution is -2.41. The molecule has 2 aromatic heterocycles. The van der Waals surface area contributed by atoms with Crippen molar-refractivity contribution in [1.82, 2.24) is 9.88 Å². The molecule has 2 fully saturated rings. The number of furan rings is 1. The second-order valence-electron chi connectivity index (χ2n) is 7.63. The van der Waals surface area contributed by atoms with Crippen LogP contribution in [0.2, 0.25) is 0 Å². The van der Waals surface area contributed by atoms with Gasteiger partial charge in [0.1, 0.15) is 11.8 Å². The van der Waals surface area contributed by atoms with Crippen molar-refractivity contribution in [2.75, 3.05) is 0 Å². The van der Waals surface area contributed by atoms with E-state index in [2.05, 4.69) is 16.0 Å². The Morgan fingerprint density at radius 3 is 2.93 bits per heavy atom. The predicted molar refractivity (Wildman–Crippen MR) is 105 cm³/mol. The van der Waals surface area contributed by atoms with Crippen molar-refractivity contribution in [2.45, 2.75) is 50.7 Å². The van der Waals surface area contributed by atoms with Gasteiger partial charge >= 0.3 is 5.97 Å². The highest BCUT2D eigenvalue weighted by Crippen LogP contribution is 2.41. The van der Waals surface area contributed by atoms with Crippen LogP contribution in [-0.4, -0.2) is 33.0 Å². The number of likely N-dealkylation sites (tertiary alicyclic amines) is 1. The Labute approximate surface area is 161 Å². The van der Waals surface area contributed by atoms with E-state index < -0.39 is 12.0 Å². The fourth-order valence-corrected chi connectivity index (χ4v) is 5.69. The number of rotatable bonds is 4. The molecule has 0 radical (unpaired) electrons. The van der Waals surface area contributed by atoms with Crippen LogP contribution < -0.4 is 0 Å². The fraction of sp³-hybridized carbons (Fsp3) is 0.429. The highest BCUT2D eigenvalue weighted by molar-refractivity contribution is 7.21. The molecule has 3 unspecified atom stereocenters. The first kappa shape index (κ1) is 17.0. The predicted octanol–water partition coefficient (Wildman–Crippen LogP) is 4.77. The van der Waals surface area contributed by atoms with Gasteiger partial charge in [0.25, 0.3) is 0 Å². The number of carboxylic acids is 1. The van der Waals surface area contributed by atoms with Crippen molar-refractivity contribution in [2.24, 2.45) is 5.92 Å². The van der Waals surface area contributed by atoms with Crippen LogP contribution >= 0.6 is 11.3 Å². The van der Waals surface area contributed by atoms with Gasteiger partial charge in [-0.15, -0.1) is 11.3 Å². The molecule has 1 saturated carbocycles. The first-order chi connectivity index (χ1) is 13.2. The van der Waals surface area contributed by atoms with Crippen LogP contribution in [0.5, 0.6) is 0 Å². The molecular formula is C21H22N2O3S. The number of fused-ring (bicyclic) bond motifs is 2. The normalized spacial score (nSPS) is 25.7. The lowest BCUT2D eigenvalue weighted by Gasteiger charge is -2.32. The lowest BCUT2D eigenvalue weighted by molar-refractivity contribution is -0.143. The van der Waals surface area contributed by atoms with Gasteiger partial charge < -0.3 is 9.52 Å². The van der Waals surface area contributed by atoms with Crippen LogP contribution in [0.4, 0.5) is 0 Å². The molecule has 0 amide bonds. The number of thiazole rings is 1. The van der Waals surface area contributed by atoms with Crippen LogP contribution in [0.1, 0.15) is 37.9 Å². The summed E-state index contributed by atoms with van der Waals surface area (Å²) >= 11 is 1.62. The average Bonchev–Trinajstić information content (AvgIpc) is 3.38. The molecule has 3 atom stereocenters. The zero-order valence-corrected chi connectivity index (χ0v) is 15.8. The number of carbonyl (C=O) groups is 1. The minimum Gasteiger partial charge on any atom is -0.480 e. The number of aliphatic carboxylic acids is 1. The minimum atomic E-state index is -0.706. The highest BCUT2D eigenvalue weighted by atomic mass is 32.1. The number of para-hydroxylation sites is 1. The first-order valence-corrected chi connectivity index (χ1v) is 10.4. The molecule has 3 aromatic rings. The zero-order chi connectivity index (χ0) is 18.4. The average molecular weight is 382 g/mol. The molecule has 1 aromatic carbocycles. The van der Waals surface area contributed by atoms with E-state index in [9.17, 15) is 9.90 Å². The summed E-state index contributed by atoms with van der Waals surface area (Å²) < 4.78 is 7.22. The zero-order valence-electron chi connectivity index (χ0n) is 15.0. The fourth-order valence-electron chi connectivity index (χ4n) is 4.76. The summed E-state index contributed by atoms with van der Waals surface area (Å²) in [6, 6.07) is 12.0. The van der Waals surface area contributed by atoms with E-state index in [1.54, 1.807) is 11.3 Å². The van der Waals surface area contributed by atoms with Gasteiger partial charge in [-0.05, 0) is 49.4 Å². The van der Waals surface area contributed by atoms with Crippen LogP contribution in [-0.2, 0) is 11.3 Å². The Bertz CT molecular complexity index is 946. The monoisotopic (exact) mass is 382 g/mol. The molecule has 5 nitrogen and oxygen atoms in total. The van der Waals surface area contributed by atoms with Crippen molar-refractivity contribution in [3.05, 3.63) is 42.2 Å². The van der Waals surface area contributed by atoms with Gasteiger partial charge in [-0.1, -0.05) is 25.0 Å². The molecule has 1 aliphatic heterocycles. The molecule has 2 aliphatic rings. The molecule has 1 aliphatic carbocycles. The SMILES string of the molecule is O=C(O)C1CC2CCCCC2N1Cc1ccc(-c2nc3ccccc3s2)o1. The largest absolute Gasteiger partial charge is 0.480 e. The summed E-state index contributed by atoms with van der Waals surface area (Å²) in [5.41, 5.74) is 0.978. The second-order valence-corrected chi connectivity index (χ2v) is 8.66. The van der Waals surface area contributed by atoms with Crippen LogP contribution in [0.25, 0.3) is 21.0 Å². The van der Waals surface area contributed by atoms with Crippen LogP contribution in [0.15, 0.2) is 40.8 Å². The van der Waals surface area contributed by atoms with E-state index in [0.717, 1.165) is 46.0 Å². The molecule has 1 saturated heterocycles. The Balaban J connectivity index is 1.39. The Hall–Kier alpha value is -2.18. The number of benzene rings is 1. The molecule has 6 heteroatoms. The molecular weight excluding hydrogens is 360 g/mol. The van der Waals surface area contributed by atoms with Gasteiger partial charge in [0.05, 0.1) is 16.8 Å². The summed E-state index contributed by atoms with van der Waals surface area (Å²) in [4.78, 5) is 18.6. The van der Waals surface area contributed by atoms with Crippen molar-refractivity contribution < 1.29 is 14.3 Å². The summed E-state index contributed by atoms with van der Waals surface area (Å²) in [5, 5.41) is 10.6. The molecule has 140 valence electrons. The minimum absolute atomic E-state index is 0.371. The van der Waals surface area contributed by atoms with E-state index in [4.69, 9.17) is 4.42 Å². The Morgan fingerprint density at radius 2 is 2.07 bits per heavy atom. The van der Waals surface area contributed by atoms with Crippen molar-refractivity contribution in [3.63, 3.8) is 0 Å². The third-order valence-corrected chi connectivity index (χ3v) is 7.06. The third kappa shape index (κ3) is 3.07. The quantitative estimate of drug-likeness (QED) is 0.704. The topological polar surface area (TPSA) is 66.6 Å². The molecule has 27 heavy (non-hydrogen) atoms. The molecule has 0 spiro atoms. The maximum absolute atomic E-state index is 11.8. The summed E-state index contributed by atoms with van der Waals surface area (Å²) in [6.07, 6.45) is 5.44. The van der Waals surface area contributed by atoms with Gasteiger partial charge in [0.15, 0.2) is 10.8 Å². The number of aromatic nitrogens is 1. The van der Waals surface area contributed by atoms with Gasteiger partial charge in [-0.25, -0.2) is 4.98 Å². The maximum atomic E-state index is 11.8. The second kappa shape index (κ2) is 6.77. The lowest BCUT2D eigenvalue weighted by atomic mass is 9.85. The summed E-state index contributed by atoms with van der Waals surface area (Å²) in [6.45, 7) is 0.559. The summed E-state index contributed by atoms with van der Waals surface area (Å²) in [7, 11) is 0. The Kier molecular flexibility index (Phi) is 4.25. The van der Waals surface area contributed by atoms with Crippen molar-refractivity contribution in [3.8, 4) is 10.8 Å². The Morgan fingerprint density at radius 1 is 1.22 bits per heavy atom. The van der Waals surface area contributed by atoms with Crippen molar-refractivity contribution >= 4 is 27.5 Å². The van der Waals surface area contributed by atoms with E-state index in [1.165, 1.54) is 12.8 Å². The van der Waals surface area contributed by atoms with Gasteiger partial charge in [0, 0.05) is 6.04 Å². The highest BCUT2D eigenvalue weighted by Gasteiger charge is 2.45. The molecule has 3 heterocycles. The maximum Gasteiger partial charge on any atom is 0.320 e. The van der Waals surface area contributed by atoms with Crippen LogP contribution in [0.3, 0.4) is 0 Å². The molecule has 0 bridgehead atoms. The van der Waals surface area contributed by atoms with Gasteiger partial charge in [-0.3, -0.25) is 9.69 Å². The van der Waals surface area contributed by atoms with E-state index in [1.807, 2.05) is 30.3 Å². The number of hydrogen-bond donors (Lipinski definition) is 1. The first-order valence-electron chi connectivity index (χ1n) is 9.62. The van der Waals surface area contributed by atoms with Crippen molar-refractivity contribution in [1.29, 1.82) is 0 Å². The van der Waals surface area contributed by atoms with E-state index in [0.29, 0.717) is 18.5 Å². The van der Waals surface area contributed by atoms with Gasteiger partial charge in [-0.2, -0.15) is 0 Å². The van der Waals surface area contributed by atoms with Crippen LogP contribution in [0, 0.1) is 5.92 Å². The van der Waals surface area contributed by atoms with E-state index in [-0.39, 0.29) is 0 Å². The number of carboxylic acid groups (broad SMARTS) is 1. The van der Waals surface area contributed by atoms with E-state index >= 15 is 0 Å². The third-order valence-electron chi connectivity index (χ3n) is 6.01. The molecule has 5 rings (SSSR count). The smallest absolute Gasteiger partial charge is 0.320 e. The standard InChI is InChI=1S/C21H22N2O3S/c24-21(25)17-11-13-5-1-3-7-16(13)23(17)12-14-9-10-18(26-14)20-22-15-6-2-4-8-19(15)27-20/h2,4,6,8-10,13,16-17H,1,3,5,7,11-12H2,(H,24,25). The molecule has 1 N–H and O–H groups in total. The number of nitrogens with zero attached hydrogens (tertiary/aromatic N) is 2. The summed E-state index contributed by atoms with van der Waals surface area (Å²) in [5.74, 6) is 1.39.